The number of rotatable bonds is 6. The second-order valence-electron chi connectivity index (χ2n) is 6.14. The zero-order valence-corrected chi connectivity index (χ0v) is 15.0. The van der Waals surface area contributed by atoms with Crippen LogP contribution in [0.4, 0.5) is 15.8 Å². The molecule has 3 rings (SSSR count). The van der Waals surface area contributed by atoms with E-state index in [0.29, 0.717) is 17.1 Å². The van der Waals surface area contributed by atoms with Crippen molar-refractivity contribution in [2.24, 2.45) is 0 Å². The van der Waals surface area contributed by atoms with Crippen LogP contribution >= 0.6 is 11.8 Å². The topological polar surface area (TPSA) is 32.3 Å². The number of anilines is 2. The lowest BCUT2D eigenvalue weighted by atomic mass is 10.1. The predicted molar refractivity (Wildman–Crippen MR) is 103 cm³/mol. The Morgan fingerprint density at radius 3 is 2.56 bits per heavy atom. The molecular weight excluding hydrogens is 335 g/mol. The second-order valence-corrected chi connectivity index (χ2v) is 7.28. The van der Waals surface area contributed by atoms with Gasteiger partial charge in [-0.25, -0.2) is 4.39 Å². The van der Waals surface area contributed by atoms with Crippen LogP contribution < -0.4 is 10.2 Å². The molecule has 1 aliphatic rings. The summed E-state index contributed by atoms with van der Waals surface area (Å²) >= 11 is 1.37. The SMILES string of the molecule is O=C(CCSc1ccccc1F)Nc1ccccc1N1CCCCC1. The molecule has 132 valence electrons. The maximum atomic E-state index is 13.6. The standard InChI is InChI=1S/C20H23FN2OS/c21-16-8-2-5-11-19(16)25-15-12-20(24)22-17-9-3-4-10-18(17)23-13-6-1-7-14-23/h2-5,8-11H,1,6-7,12-15H2,(H,22,24). The Morgan fingerprint density at radius 2 is 1.76 bits per heavy atom. The molecule has 0 radical (unpaired) electrons. The van der Waals surface area contributed by atoms with Gasteiger partial charge in [-0.05, 0) is 43.5 Å². The molecule has 1 N–H and O–H groups in total. The van der Waals surface area contributed by atoms with Gasteiger partial charge >= 0.3 is 0 Å². The van der Waals surface area contributed by atoms with Crippen LogP contribution in [0.25, 0.3) is 0 Å². The van der Waals surface area contributed by atoms with Crippen LogP contribution in [-0.2, 0) is 4.79 Å². The molecule has 0 bridgehead atoms. The normalized spacial score (nSPS) is 14.4. The Morgan fingerprint density at radius 1 is 1.04 bits per heavy atom. The van der Waals surface area contributed by atoms with Crippen molar-refractivity contribution in [3.8, 4) is 0 Å². The van der Waals surface area contributed by atoms with Crippen molar-refractivity contribution in [2.75, 3.05) is 29.1 Å². The summed E-state index contributed by atoms with van der Waals surface area (Å²) < 4.78 is 13.6. The summed E-state index contributed by atoms with van der Waals surface area (Å²) in [6.45, 7) is 2.08. The van der Waals surface area contributed by atoms with Crippen molar-refractivity contribution in [1.29, 1.82) is 0 Å². The first-order valence-electron chi connectivity index (χ1n) is 8.75. The van der Waals surface area contributed by atoms with E-state index in [4.69, 9.17) is 0 Å². The molecule has 0 unspecified atom stereocenters. The fourth-order valence-corrected chi connectivity index (χ4v) is 3.91. The third-order valence-electron chi connectivity index (χ3n) is 4.30. The van der Waals surface area contributed by atoms with Crippen LogP contribution in [0.15, 0.2) is 53.4 Å². The minimum Gasteiger partial charge on any atom is -0.370 e. The number of halogens is 1. The van der Waals surface area contributed by atoms with Crippen molar-refractivity contribution >= 4 is 29.0 Å². The highest BCUT2D eigenvalue weighted by Gasteiger charge is 2.15. The molecule has 0 aromatic heterocycles. The summed E-state index contributed by atoms with van der Waals surface area (Å²) in [6, 6.07) is 14.6. The monoisotopic (exact) mass is 358 g/mol. The van der Waals surface area contributed by atoms with Gasteiger partial charge in [-0.2, -0.15) is 0 Å². The highest BCUT2D eigenvalue weighted by atomic mass is 32.2. The summed E-state index contributed by atoms with van der Waals surface area (Å²) in [7, 11) is 0. The van der Waals surface area contributed by atoms with Crippen LogP contribution in [0, 0.1) is 5.82 Å². The molecule has 1 amide bonds. The first kappa shape index (κ1) is 17.8. The van der Waals surface area contributed by atoms with Crippen molar-refractivity contribution < 1.29 is 9.18 Å². The average molecular weight is 358 g/mol. The maximum Gasteiger partial charge on any atom is 0.225 e. The second kappa shape index (κ2) is 8.90. The van der Waals surface area contributed by atoms with E-state index < -0.39 is 0 Å². The average Bonchev–Trinajstić information content (AvgIpc) is 2.64. The van der Waals surface area contributed by atoms with E-state index in [9.17, 15) is 9.18 Å². The number of carbonyl (C=O) groups excluding carboxylic acids is 1. The maximum absolute atomic E-state index is 13.6. The van der Waals surface area contributed by atoms with Crippen LogP contribution in [0.1, 0.15) is 25.7 Å². The summed E-state index contributed by atoms with van der Waals surface area (Å²) in [5.41, 5.74) is 1.96. The lowest BCUT2D eigenvalue weighted by Crippen LogP contribution is -2.30. The molecule has 3 nitrogen and oxygen atoms in total. The zero-order chi connectivity index (χ0) is 17.5. The molecule has 5 heteroatoms. The minimum absolute atomic E-state index is 0.0340. The number of benzene rings is 2. The molecule has 1 saturated heterocycles. The summed E-state index contributed by atoms with van der Waals surface area (Å²) in [6.07, 6.45) is 4.02. The van der Waals surface area contributed by atoms with Crippen molar-refractivity contribution in [3.05, 3.63) is 54.3 Å². The van der Waals surface area contributed by atoms with Crippen molar-refractivity contribution in [2.45, 2.75) is 30.6 Å². The van der Waals surface area contributed by atoms with Crippen molar-refractivity contribution in [3.63, 3.8) is 0 Å². The van der Waals surface area contributed by atoms with Crippen LogP contribution in [0.5, 0.6) is 0 Å². The third kappa shape index (κ3) is 4.98. The van der Waals surface area contributed by atoms with E-state index in [-0.39, 0.29) is 11.7 Å². The van der Waals surface area contributed by atoms with Gasteiger partial charge in [-0.3, -0.25) is 4.79 Å². The zero-order valence-electron chi connectivity index (χ0n) is 14.2. The minimum atomic E-state index is -0.233. The smallest absolute Gasteiger partial charge is 0.225 e. The van der Waals surface area contributed by atoms with E-state index in [1.165, 1.54) is 37.1 Å². The fourth-order valence-electron chi connectivity index (χ4n) is 3.02. The largest absolute Gasteiger partial charge is 0.370 e. The molecule has 2 aromatic rings. The molecule has 0 atom stereocenters. The molecule has 0 spiro atoms. The van der Waals surface area contributed by atoms with Gasteiger partial charge in [0, 0.05) is 30.2 Å². The fraction of sp³-hybridized carbons (Fsp3) is 0.350. The van der Waals surface area contributed by atoms with Gasteiger partial charge < -0.3 is 10.2 Å². The Hall–Kier alpha value is -2.01. The molecule has 0 saturated carbocycles. The first-order valence-corrected chi connectivity index (χ1v) is 9.74. The Labute approximate surface area is 152 Å². The Bertz CT molecular complexity index is 716. The molecule has 25 heavy (non-hydrogen) atoms. The lowest BCUT2D eigenvalue weighted by molar-refractivity contribution is -0.115. The number of piperidine rings is 1. The number of amides is 1. The predicted octanol–water partition coefficient (Wildman–Crippen LogP) is 4.94. The number of nitrogens with one attached hydrogen (secondary N) is 1. The van der Waals surface area contributed by atoms with Crippen LogP contribution in [0.2, 0.25) is 0 Å². The Balaban J connectivity index is 1.55. The molecular formula is C20H23FN2OS. The number of nitrogens with zero attached hydrogens (tertiary/aromatic N) is 1. The summed E-state index contributed by atoms with van der Waals surface area (Å²) in [5.74, 6) is 0.287. The number of hydrogen-bond acceptors (Lipinski definition) is 3. The molecule has 1 fully saturated rings. The van der Waals surface area contributed by atoms with E-state index in [2.05, 4.69) is 16.3 Å². The van der Waals surface area contributed by atoms with Gasteiger partial charge in [0.2, 0.25) is 5.91 Å². The van der Waals surface area contributed by atoms with Gasteiger partial charge in [0.05, 0.1) is 11.4 Å². The van der Waals surface area contributed by atoms with E-state index in [0.717, 1.165) is 24.5 Å². The molecule has 0 aliphatic carbocycles. The number of thioether (sulfide) groups is 1. The van der Waals surface area contributed by atoms with Crippen LogP contribution in [-0.4, -0.2) is 24.7 Å². The Kier molecular flexibility index (Phi) is 6.34. The van der Waals surface area contributed by atoms with E-state index in [1.54, 1.807) is 18.2 Å². The van der Waals surface area contributed by atoms with Gasteiger partial charge in [0.25, 0.3) is 0 Å². The highest BCUT2D eigenvalue weighted by molar-refractivity contribution is 7.99. The third-order valence-corrected chi connectivity index (χ3v) is 5.35. The number of carbonyl (C=O) groups is 1. The molecule has 1 heterocycles. The van der Waals surface area contributed by atoms with Crippen LogP contribution in [0.3, 0.4) is 0 Å². The van der Waals surface area contributed by atoms with E-state index in [1.807, 2.05) is 18.2 Å². The summed E-state index contributed by atoms with van der Waals surface area (Å²) in [5, 5.41) is 3.02. The first-order chi connectivity index (χ1) is 12.2. The molecule has 1 aliphatic heterocycles. The quantitative estimate of drug-likeness (QED) is 0.743. The number of para-hydroxylation sites is 2. The lowest BCUT2D eigenvalue weighted by Gasteiger charge is -2.30. The van der Waals surface area contributed by atoms with Gasteiger partial charge in [0.15, 0.2) is 0 Å². The molecule has 2 aromatic carbocycles. The summed E-state index contributed by atoms with van der Waals surface area (Å²) in [4.78, 5) is 15.2. The van der Waals surface area contributed by atoms with Gasteiger partial charge in [-0.15, -0.1) is 11.8 Å². The number of hydrogen-bond donors (Lipinski definition) is 1. The highest BCUT2D eigenvalue weighted by Crippen LogP contribution is 2.28. The van der Waals surface area contributed by atoms with Crippen molar-refractivity contribution in [1.82, 2.24) is 0 Å². The van der Waals surface area contributed by atoms with Gasteiger partial charge in [-0.1, -0.05) is 24.3 Å². The van der Waals surface area contributed by atoms with Gasteiger partial charge in [0.1, 0.15) is 5.82 Å². The van der Waals surface area contributed by atoms with E-state index >= 15 is 0 Å².